The Bertz CT molecular complexity index is 203. The van der Waals surface area contributed by atoms with Crippen LogP contribution in [-0.2, 0) is 19.3 Å². The Hall–Kier alpha value is -0.130. The summed E-state index contributed by atoms with van der Waals surface area (Å²) in [5, 5.41) is 0. The van der Waals surface area contributed by atoms with Gasteiger partial charge in [0, 0.05) is 14.2 Å². The van der Waals surface area contributed by atoms with Crippen molar-refractivity contribution in [3.8, 4) is 0 Å². The lowest BCUT2D eigenvalue weighted by atomic mass is 10.3. The van der Waals surface area contributed by atoms with Gasteiger partial charge in [-0.2, -0.15) is 0 Å². The second-order valence-corrected chi connectivity index (χ2v) is 4.73. The maximum Gasteiger partial charge on any atom is 0.203 e. The van der Waals surface area contributed by atoms with Crippen molar-refractivity contribution in [1.29, 1.82) is 0 Å². The topological polar surface area (TPSA) is 52.6 Å². The molecule has 0 aromatic carbocycles. The largest absolute Gasteiger partial charge is 0.365 e. The maximum atomic E-state index is 11.3. The molecule has 1 aliphatic rings. The van der Waals surface area contributed by atoms with Gasteiger partial charge in [-0.25, -0.2) is 8.42 Å². The van der Waals surface area contributed by atoms with Crippen molar-refractivity contribution in [2.45, 2.75) is 23.7 Å². The summed E-state index contributed by atoms with van der Waals surface area (Å²) in [5.74, 6) is 0. The van der Waals surface area contributed by atoms with Crippen LogP contribution in [0.25, 0.3) is 0 Å². The quantitative estimate of drug-likeness (QED) is 0.606. The van der Waals surface area contributed by atoms with Gasteiger partial charge in [0.15, 0.2) is 10.9 Å². The molecule has 1 fully saturated rings. The molecule has 1 saturated heterocycles. The molecule has 0 aliphatic carbocycles. The van der Waals surface area contributed by atoms with Crippen LogP contribution < -0.4 is 0 Å². The zero-order valence-corrected chi connectivity index (χ0v) is 7.43. The van der Waals surface area contributed by atoms with E-state index >= 15 is 0 Å². The molecular formula is C6H12O4S. The van der Waals surface area contributed by atoms with Crippen molar-refractivity contribution < 1.29 is 17.9 Å². The molecule has 0 saturated carbocycles. The van der Waals surface area contributed by atoms with Crippen LogP contribution in [0.4, 0.5) is 0 Å². The van der Waals surface area contributed by atoms with Gasteiger partial charge in [0.2, 0.25) is 9.84 Å². The second kappa shape index (κ2) is 3.08. The van der Waals surface area contributed by atoms with Crippen molar-refractivity contribution in [1.82, 2.24) is 0 Å². The highest BCUT2D eigenvalue weighted by Gasteiger charge is 2.40. The highest BCUT2D eigenvalue weighted by Crippen LogP contribution is 2.27. The summed E-state index contributed by atoms with van der Waals surface area (Å²) in [6.45, 7) is 0. The summed E-state index contributed by atoms with van der Waals surface area (Å²) in [6, 6.07) is 0. The van der Waals surface area contributed by atoms with Gasteiger partial charge in [0.05, 0.1) is 0 Å². The molecule has 0 N–H and O–H groups in total. The van der Waals surface area contributed by atoms with Gasteiger partial charge in [0.1, 0.15) is 0 Å². The predicted molar refractivity (Wildman–Crippen MR) is 39.7 cm³/mol. The van der Waals surface area contributed by atoms with Gasteiger partial charge in [-0.3, -0.25) is 0 Å². The SMILES string of the molecule is COC1CCC(OC)S1(=O)=O. The van der Waals surface area contributed by atoms with E-state index in [0.717, 1.165) is 0 Å². The van der Waals surface area contributed by atoms with Crippen LogP contribution in [0.2, 0.25) is 0 Å². The molecule has 0 spiro atoms. The fraction of sp³-hybridized carbons (Fsp3) is 1.00. The molecular weight excluding hydrogens is 168 g/mol. The van der Waals surface area contributed by atoms with E-state index in [0.29, 0.717) is 12.8 Å². The molecule has 0 bridgehead atoms. The van der Waals surface area contributed by atoms with Gasteiger partial charge < -0.3 is 9.47 Å². The Balaban J connectivity index is 2.81. The third kappa shape index (κ3) is 1.40. The molecule has 0 aromatic heterocycles. The standard InChI is InChI=1S/C6H12O4S/c1-9-5-3-4-6(10-2)11(5,7)8/h5-6H,3-4H2,1-2H3. The normalized spacial score (nSPS) is 35.8. The second-order valence-electron chi connectivity index (χ2n) is 2.50. The van der Waals surface area contributed by atoms with Crippen molar-refractivity contribution in [3.05, 3.63) is 0 Å². The third-order valence-electron chi connectivity index (χ3n) is 1.90. The van der Waals surface area contributed by atoms with Gasteiger partial charge in [0.25, 0.3) is 0 Å². The highest BCUT2D eigenvalue weighted by atomic mass is 32.2. The van der Waals surface area contributed by atoms with Gasteiger partial charge in [-0.05, 0) is 12.8 Å². The average Bonchev–Trinajstić information content (AvgIpc) is 2.24. The minimum absolute atomic E-state index is 0.539. The molecule has 1 heterocycles. The van der Waals surface area contributed by atoms with Crippen LogP contribution in [-0.4, -0.2) is 33.5 Å². The summed E-state index contributed by atoms with van der Waals surface area (Å²) in [5.41, 5.74) is -1.32. The van der Waals surface area contributed by atoms with E-state index in [1.807, 2.05) is 0 Å². The lowest BCUT2D eigenvalue weighted by molar-refractivity contribution is 0.155. The zero-order chi connectivity index (χ0) is 8.48. The first kappa shape index (κ1) is 8.96. The average molecular weight is 180 g/mol. The number of hydrogen-bond acceptors (Lipinski definition) is 4. The molecule has 0 amide bonds. The number of sulfone groups is 1. The molecule has 1 rings (SSSR count). The first-order valence-electron chi connectivity index (χ1n) is 3.41. The predicted octanol–water partition coefficient (Wildman–Crippen LogP) is 0.140. The Kier molecular flexibility index (Phi) is 2.51. The summed E-state index contributed by atoms with van der Waals surface area (Å²) in [6.07, 6.45) is 1.08. The van der Waals surface area contributed by atoms with Crippen molar-refractivity contribution >= 4 is 9.84 Å². The van der Waals surface area contributed by atoms with E-state index in [1.54, 1.807) is 0 Å². The highest BCUT2D eigenvalue weighted by molar-refractivity contribution is 7.92. The van der Waals surface area contributed by atoms with E-state index in [1.165, 1.54) is 14.2 Å². The van der Waals surface area contributed by atoms with Crippen LogP contribution in [0.15, 0.2) is 0 Å². The molecule has 0 aromatic rings. The Morgan fingerprint density at radius 1 is 1.09 bits per heavy atom. The van der Waals surface area contributed by atoms with Crippen molar-refractivity contribution in [2.75, 3.05) is 14.2 Å². The van der Waals surface area contributed by atoms with Crippen molar-refractivity contribution in [2.24, 2.45) is 0 Å². The molecule has 5 heteroatoms. The summed E-state index contributed by atoms with van der Waals surface area (Å²) in [7, 11) is -0.366. The maximum absolute atomic E-state index is 11.3. The number of ether oxygens (including phenoxy) is 2. The summed E-state index contributed by atoms with van der Waals surface area (Å²) >= 11 is 0. The summed E-state index contributed by atoms with van der Waals surface area (Å²) < 4.78 is 32.2. The Labute approximate surface area is 66.4 Å². The zero-order valence-electron chi connectivity index (χ0n) is 6.61. The fourth-order valence-electron chi connectivity index (χ4n) is 1.27. The van der Waals surface area contributed by atoms with E-state index in [2.05, 4.69) is 0 Å². The van der Waals surface area contributed by atoms with Crippen molar-refractivity contribution in [3.63, 3.8) is 0 Å². The van der Waals surface area contributed by atoms with Crippen LogP contribution >= 0.6 is 0 Å². The first-order chi connectivity index (χ1) is 5.12. The smallest absolute Gasteiger partial charge is 0.203 e. The van der Waals surface area contributed by atoms with E-state index in [-0.39, 0.29) is 0 Å². The van der Waals surface area contributed by atoms with Gasteiger partial charge in [-0.15, -0.1) is 0 Å². The molecule has 4 nitrogen and oxygen atoms in total. The molecule has 11 heavy (non-hydrogen) atoms. The van der Waals surface area contributed by atoms with E-state index in [4.69, 9.17) is 9.47 Å². The van der Waals surface area contributed by atoms with Gasteiger partial charge >= 0.3 is 0 Å². The van der Waals surface area contributed by atoms with Crippen LogP contribution in [0, 0.1) is 0 Å². The molecule has 2 unspecified atom stereocenters. The lowest BCUT2D eigenvalue weighted by Crippen LogP contribution is -2.25. The fourth-order valence-corrected chi connectivity index (χ4v) is 3.08. The van der Waals surface area contributed by atoms with Crippen LogP contribution in [0.3, 0.4) is 0 Å². The third-order valence-corrected chi connectivity index (χ3v) is 4.22. The molecule has 66 valence electrons. The van der Waals surface area contributed by atoms with Gasteiger partial charge in [-0.1, -0.05) is 0 Å². The minimum atomic E-state index is -3.17. The summed E-state index contributed by atoms with van der Waals surface area (Å²) in [4.78, 5) is 0. The molecule has 1 aliphatic heterocycles. The number of methoxy groups -OCH3 is 2. The number of rotatable bonds is 2. The molecule has 2 atom stereocenters. The Morgan fingerprint density at radius 3 is 1.64 bits per heavy atom. The van der Waals surface area contributed by atoms with Crippen LogP contribution in [0.1, 0.15) is 12.8 Å². The minimum Gasteiger partial charge on any atom is -0.365 e. The lowest BCUT2D eigenvalue weighted by Gasteiger charge is -2.09. The van der Waals surface area contributed by atoms with E-state index in [9.17, 15) is 8.42 Å². The Morgan fingerprint density at radius 2 is 1.45 bits per heavy atom. The van der Waals surface area contributed by atoms with Crippen LogP contribution in [0.5, 0.6) is 0 Å². The van der Waals surface area contributed by atoms with E-state index < -0.39 is 20.7 Å². The number of hydrogen-bond donors (Lipinski definition) is 0. The first-order valence-corrected chi connectivity index (χ1v) is 5.02. The monoisotopic (exact) mass is 180 g/mol. The molecule has 0 radical (unpaired) electrons.